The van der Waals surface area contributed by atoms with Crippen LogP contribution in [-0.2, 0) is 14.4 Å². The van der Waals surface area contributed by atoms with Crippen molar-refractivity contribution in [1.82, 2.24) is 5.32 Å². The maximum absolute atomic E-state index is 11.9. The fourth-order valence-corrected chi connectivity index (χ4v) is 2.46. The molecule has 0 spiro atoms. The van der Waals surface area contributed by atoms with E-state index in [1.54, 1.807) is 18.2 Å². The first-order chi connectivity index (χ1) is 10.4. The first kappa shape index (κ1) is 16.2. The molecular weight excluding hydrogens is 356 g/mol. The van der Waals surface area contributed by atoms with Crippen LogP contribution in [0.25, 0.3) is 0 Å². The number of anilines is 1. The van der Waals surface area contributed by atoms with Gasteiger partial charge in [-0.2, -0.15) is 0 Å². The molecule has 0 aliphatic carbocycles. The van der Waals surface area contributed by atoms with Crippen molar-refractivity contribution in [3.8, 4) is 0 Å². The van der Waals surface area contributed by atoms with Crippen LogP contribution in [0, 0.1) is 0 Å². The molecule has 1 aromatic carbocycles. The van der Waals surface area contributed by atoms with Crippen molar-refractivity contribution in [2.45, 2.75) is 12.8 Å². The van der Waals surface area contributed by atoms with E-state index in [9.17, 15) is 19.2 Å². The van der Waals surface area contributed by atoms with Gasteiger partial charge in [0.25, 0.3) is 11.7 Å². The molecule has 8 heteroatoms. The van der Waals surface area contributed by atoms with Crippen LogP contribution in [-0.4, -0.2) is 41.8 Å². The standard InChI is InChI=1S/C14H13BrN2O5/c15-8-3-4-10-9(6-8)13(21)14(22)17(10)7-11(18)16-5-1-2-12(19)20/h3-4,6H,1-2,5,7H2,(H,16,18)(H,19,20). The summed E-state index contributed by atoms with van der Waals surface area (Å²) in [6.07, 6.45) is 0.260. The minimum Gasteiger partial charge on any atom is -0.481 e. The van der Waals surface area contributed by atoms with E-state index in [0.717, 1.165) is 4.90 Å². The van der Waals surface area contributed by atoms with E-state index >= 15 is 0 Å². The average molecular weight is 369 g/mol. The summed E-state index contributed by atoms with van der Waals surface area (Å²) in [5, 5.41) is 11.0. The molecular formula is C14H13BrN2O5. The summed E-state index contributed by atoms with van der Waals surface area (Å²) in [5.41, 5.74) is 0.664. The van der Waals surface area contributed by atoms with Crippen LogP contribution in [0.4, 0.5) is 5.69 Å². The second-order valence-electron chi connectivity index (χ2n) is 4.73. The van der Waals surface area contributed by atoms with Gasteiger partial charge in [0.1, 0.15) is 6.54 Å². The van der Waals surface area contributed by atoms with Gasteiger partial charge >= 0.3 is 5.97 Å². The number of benzene rings is 1. The second-order valence-corrected chi connectivity index (χ2v) is 5.64. The molecule has 0 aromatic heterocycles. The van der Waals surface area contributed by atoms with Crippen molar-refractivity contribution < 1.29 is 24.3 Å². The lowest BCUT2D eigenvalue weighted by atomic mass is 10.1. The molecule has 2 rings (SSSR count). The normalized spacial score (nSPS) is 13.2. The highest BCUT2D eigenvalue weighted by Crippen LogP contribution is 2.30. The molecule has 0 unspecified atom stereocenters. The highest BCUT2D eigenvalue weighted by atomic mass is 79.9. The zero-order valence-corrected chi connectivity index (χ0v) is 13.1. The Morgan fingerprint density at radius 3 is 2.68 bits per heavy atom. The van der Waals surface area contributed by atoms with Crippen molar-refractivity contribution >= 4 is 45.2 Å². The van der Waals surface area contributed by atoms with Crippen molar-refractivity contribution in [3.63, 3.8) is 0 Å². The van der Waals surface area contributed by atoms with Gasteiger partial charge in [-0.25, -0.2) is 0 Å². The van der Waals surface area contributed by atoms with Gasteiger partial charge in [-0.15, -0.1) is 0 Å². The smallest absolute Gasteiger partial charge is 0.303 e. The third-order valence-corrected chi connectivity index (χ3v) is 3.62. The van der Waals surface area contributed by atoms with Gasteiger partial charge in [-0.1, -0.05) is 15.9 Å². The number of ketones is 1. The number of halogens is 1. The molecule has 2 N–H and O–H groups in total. The van der Waals surface area contributed by atoms with Gasteiger partial charge < -0.3 is 10.4 Å². The molecule has 0 bridgehead atoms. The largest absolute Gasteiger partial charge is 0.481 e. The number of hydrogen-bond donors (Lipinski definition) is 2. The zero-order valence-electron chi connectivity index (χ0n) is 11.5. The molecule has 1 aliphatic rings. The monoisotopic (exact) mass is 368 g/mol. The van der Waals surface area contributed by atoms with Gasteiger partial charge in [0, 0.05) is 17.4 Å². The summed E-state index contributed by atoms with van der Waals surface area (Å²) >= 11 is 3.23. The van der Waals surface area contributed by atoms with E-state index in [4.69, 9.17) is 5.11 Å². The van der Waals surface area contributed by atoms with Crippen LogP contribution in [0.2, 0.25) is 0 Å². The molecule has 2 amide bonds. The number of carboxylic acid groups (broad SMARTS) is 1. The number of fused-ring (bicyclic) bond motifs is 1. The fourth-order valence-electron chi connectivity index (χ4n) is 2.10. The number of carboxylic acids is 1. The summed E-state index contributed by atoms with van der Waals surface area (Å²) in [7, 11) is 0. The molecule has 22 heavy (non-hydrogen) atoms. The molecule has 116 valence electrons. The minimum atomic E-state index is -0.936. The number of rotatable bonds is 6. The summed E-state index contributed by atoms with van der Waals surface area (Å²) in [6.45, 7) is -0.0689. The topological polar surface area (TPSA) is 104 Å². The van der Waals surface area contributed by atoms with E-state index in [-0.39, 0.29) is 25.1 Å². The van der Waals surface area contributed by atoms with Gasteiger partial charge in [-0.3, -0.25) is 24.1 Å². The van der Waals surface area contributed by atoms with Crippen molar-refractivity contribution in [2.24, 2.45) is 0 Å². The van der Waals surface area contributed by atoms with E-state index in [0.29, 0.717) is 16.6 Å². The molecule has 0 radical (unpaired) electrons. The summed E-state index contributed by atoms with van der Waals surface area (Å²) in [5.74, 6) is -2.76. The van der Waals surface area contributed by atoms with Crippen LogP contribution in [0.5, 0.6) is 0 Å². The fraction of sp³-hybridized carbons (Fsp3) is 0.286. The summed E-state index contributed by atoms with van der Waals surface area (Å²) in [6, 6.07) is 4.82. The third kappa shape index (κ3) is 3.51. The van der Waals surface area contributed by atoms with Gasteiger partial charge in [0.15, 0.2) is 0 Å². The van der Waals surface area contributed by atoms with Gasteiger partial charge in [0.05, 0.1) is 11.3 Å². The Balaban J connectivity index is 1.99. The van der Waals surface area contributed by atoms with E-state index < -0.39 is 23.6 Å². The predicted octanol–water partition coefficient (Wildman–Crippen LogP) is 0.959. The average Bonchev–Trinajstić information content (AvgIpc) is 2.68. The van der Waals surface area contributed by atoms with Crippen LogP contribution >= 0.6 is 15.9 Å². The van der Waals surface area contributed by atoms with Crippen LogP contribution in [0.15, 0.2) is 22.7 Å². The minimum absolute atomic E-state index is 0.0434. The quantitative estimate of drug-likeness (QED) is 0.574. The highest BCUT2D eigenvalue weighted by Gasteiger charge is 2.36. The molecule has 0 saturated carbocycles. The molecule has 7 nitrogen and oxygen atoms in total. The van der Waals surface area contributed by atoms with Crippen molar-refractivity contribution in [1.29, 1.82) is 0 Å². The lowest BCUT2D eigenvalue weighted by molar-refractivity contribution is -0.137. The number of aliphatic carboxylic acids is 1. The Labute approximate surface area is 134 Å². The number of hydrogen-bond acceptors (Lipinski definition) is 4. The predicted molar refractivity (Wildman–Crippen MR) is 80.7 cm³/mol. The van der Waals surface area contributed by atoms with E-state index in [2.05, 4.69) is 21.2 Å². The number of amides is 2. The first-order valence-corrected chi connectivity index (χ1v) is 7.33. The number of Topliss-reactive ketones (excluding diaryl/α,β-unsaturated/α-hetero) is 1. The molecule has 0 fully saturated rings. The number of carbonyl (C=O) groups excluding carboxylic acids is 3. The van der Waals surface area contributed by atoms with Crippen molar-refractivity contribution in [2.75, 3.05) is 18.0 Å². The summed E-state index contributed by atoms with van der Waals surface area (Å²) in [4.78, 5) is 47.1. The first-order valence-electron chi connectivity index (χ1n) is 6.54. The molecule has 1 heterocycles. The van der Waals surface area contributed by atoms with Crippen LogP contribution in [0.1, 0.15) is 23.2 Å². The zero-order chi connectivity index (χ0) is 16.3. The molecule has 1 aromatic rings. The number of nitrogens with one attached hydrogen (secondary N) is 1. The molecule has 0 saturated heterocycles. The third-order valence-electron chi connectivity index (χ3n) is 3.12. The number of nitrogens with zero attached hydrogens (tertiary/aromatic N) is 1. The Kier molecular flexibility index (Phi) is 4.92. The Hall–Kier alpha value is -2.22. The lowest BCUT2D eigenvalue weighted by Crippen LogP contribution is -2.40. The highest BCUT2D eigenvalue weighted by molar-refractivity contribution is 9.10. The van der Waals surface area contributed by atoms with Crippen LogP contribution < -0.4 is 10.2 Å². The second kappa shape index (κ2) is 6.69. The lowest BCUT2D eigenvalue weighted by Gasteiger charge is -2.16. The van der Waals surface area contributed by atoms with Gasteiger partial charge in [-0.05, 0) is 24.6 Å². The number of carbonyl (C=O) groups is 4. The maximum atomic E-state index is 11.9. The Morgan fingerprint density at radius 1 is 1.27 bits per heavy atom. The SMILES string of the molecule is O=C(O)CCCNC(=O)CN1C(=O)C(=O)c2cc(Br)ccc21. The summed E-state index contributed by atoms with van der Waals surface area (Å²) < 4.78 is 0.673. The van der Waals surface area contributed by atoms with Gasteiger partial charge in [0.2, 0.25) is 5.91 Å². The van der Waals surface area contributed by atoms with Crippen LogP contribution in [0.3, 0.4) is 0 Å². The molecule has 0 atom stereocenters. The maximum Gasteiger partial charge on any atom is 0.303 e. The van der Waals surface area contributed by atoms with E-state index in [1.807, 2.05) is 0 Å². The Morgan fingerprint density at radius 2 is 2.00 bits per heavy atom. The Bertz CT molecular complexity index is 659. The molecule has 1 aliphatic heterocycles. The van der Waals surface area contributed by atoms with E-state index in [1.165, 1.54) is 0 Å². The van der Waals surface area contributed by atoms with Crippen molar-refractivity contribution in [3.05, 3.63) is 28.2 Å².